The van der Waals surface area contributed by atoms with Crippen molar-refractivity contribution in [2.24, 2.45) is 5.73 Å². The zero-order valence-corrected chi connectivity index (χ0v) is 10.5. The Morgan fingerprint density at radius 3 is 2.83 bits per heavy atom. The van der Waals surface area contributed by atoms with E-state index in [0.717, 1.165) is 17.3 Å². The van der Waals surface area contributed by atoms with Gasteiger partial charge in [0.15, 0.2) is 0 Å². The zero-order valence-electron chi connectivity index (χ0n) is 9.61. The third kappa shape index (κ3) is 2.11. The number of carbonyl (C=O) groups is 2. The highest BCUT2D eigenvalue weighted by atomic mass is 32.1. The van der Waals surface area contributed by atoms with Crippen LogP contribution in [0.15, 0.2) is 24.3 Å². The van der Waals surface area contributed by atoms with E-state index in [2.05, 4.69) is 17.6 Å². The lowest BCUT2D eigenvalue weighted by Crippen LogP contribution is -2.26. The lowest BCUT2D eigenvalue weighted by atomic mass is 10.1. The van der Waals surface area contributed by atoms with Crippen LogP contribution >= 0.6 is 12.6 Å². The predicted octanol–water partition coefficient (Wildman–Crippen LogP) is 0.734. The average molecular weight is 263 g/mol. The van der Waals surface area contributed by atoms with Gasteiger partial charge in [0.25, 0.3) is 0 Å². The fourth-order valence-electron chi connectivity index (χ4n) is 1.93. The summed E-state index contributed by atoms with van der Waals surface area (Å²) in [5.74, 6) is -0.337. The molecule has 1 aromatic heterocycles. The molecule has 1 heterocycles. The van der Waals surface area contributed by atoms with Crippen LogP contribution in [0.25, 0.3) is 11.0 Å². The Kier molecular flexibility index (Phi) is 3.66. The Labute approximate surface area is 109 Å². The molecular weight excluding hydrogens is 250 g/mol. The number of hydrogen-bond acceptors (Lipinski definition) is 4. The number of thiol groups is 1. The van der Waals surface area contributed by atoms with Gasteiger partial charge in [-0.3, -0.25) is 4.79 Å². The summed E-state index contributed by atoms with van der Waals surface area (Å²) in [4.78, 5) is 26.5. The highest BCUT2D eigenvalue weighted by molar-refractivity contribution is 7.80. The number of amides is 1. The number of nitrogens with two attached hydrogens (primary N) is 1. The number of rotatable bonds is 5. The maximum Gasteiger partial charge on any atom is 0.228 e. The summed E-state index contributed by atoms with van der Waals surface area (Å²) >= 11 is 4.12. The van der Waals surface area contributed by atoms with Gasteiger partial charge >= 0.3 is 0 Å². The fourth-order valence-corrected chi connectivity index (χ4v) is 2.27. The Morgan fingerprint density at radius 1 is 1.50 bits per heavy atom. The van der Waals surface area contributed by atoms with Crippen molar-refractivity contribution in [1.82, 2.24) is 9.55 Å². The highest BCUT2D eigenvalue weighted by Crippen LogP contribution is 2.22. The molecule has 0 aliphatic rings. The standard InChI is InChI=1S/C12H13N3O2S/c13-11(17)8(7-18)12-14-9-3-1-2-4-10(9)15(12)5-6-16/h1-4,6,8,18H,5,7H2,(H2,13,17). The number of benzene rings is 1. The van der Waals surface area contributed by atoms with Gasteiger partial charge in [-0.2, -0.15) is 12.6 Å². The van der Waals surface area contributed by atoms with E-state index < -0.39 is 11.8 Å². The van der Waals surface area contributed by atoms with Crippen LogP contribution < -0.4 is 5.73 Å². The van der Waals surface area contributed by atoms with E-state index in [-0.39, 0.29) is 12.3 Å². The second-order valence-electron chi connectivity index (χ2n) is 3.87. The monoisotopic (exact) mass is 263 g/mol. The molecule has 0 saturated carbocycles. The summed E-state index contributed by atoms with van der Waals surface area (Å²) < 4.78 is 1.70. The second-order valence-corrected chi connectivity index (χ2v) is 4.24. The molecule has 94 valence electrons. The zero-order chi connectivity index (χ0) is 13.1. The van der Waals surface area contributed by atoms with Gasteiger partial charge in [-0.05, 0) is 12.1 Å². The van der Waals surface area contributed by atoms with Gasteiger partial charge < -0.3 is 15.1 Å². The Bertz CT molecular complexity index is 594. The first-order valence-corrected chi connectivity index (χ1v) is 6.11. The van der Waals surface area contributed by atoms with Crippen LogP contribution in [0.1, 0.15) is 11.7 Å². The maximum absolute atomic E-state index is 11.4. The van der Waals surface area contributed by atoms with Crippen LogP contribution in [0, 0.1) is 0 Å². The molecule has 6 heteroatoms. The third-order valence-electron chi connectivity index (χ3n) is 2.78. The van der Waals surface area contributed by atoms with Gasteiger partial charge in [0.1, 0.15) is 18.0 Å². The number of aldehydes is 1. The van der Waals surface area contributed by atoms with Gasteiger partial charge in [0.2, 0.25) is 5.91 Å². The molecule has 0 aliphatic carbocycles. The van der Waals surface area contributed by atoms with Gasteiger partial charge in [-0.1, -0.05) is 12.1 Å². The lowest BCUT2D eigenvalue weighted by molar-refractivity contribution is -0.119. The van der Waals surface area contributed by atoms with Crippen molar-refractivity contribution >= 4 is 35.9 Å². The van der Waals surface area contributed by atoms with E-state index in [1.54, 1.807) is 4.57 Å². The molecule has 1 aromatic carbocycles. The van der Waals surface area contributed by atoms with Gasteiger partial charge in [0, 0.05) is 5.75 Å². The minimum Gasteiger partial charge on any atom is -0.369 e. The number of fused-ring (bicyclic) bond motifs is 1. The number of primary amides is 1. The Balaban J connectivity index is 2.64. The number of hydrogen-bond donors (Lipinski definition) is 2. The molecule has 0 fully saturated rings. The maximum atomic E-state index is 11.4. The van der Waals surface area contributed by atoms with Gasteiger partial charge in [-0.15, -0.1) is 0 Å². The largest absolute Gasteiger partial charge is 0.369 e. The summed E-state index contributed by atoms with van der Waals surface area (Å²) in [6.07, 6.45) is 0.772. The molecule has 2 aromatic rings. The van der Waals surface area contributed by atoms with E-state index in [0.29, 0.717) is 5.82 Å². The van der Waals surface area contributed by atoms with Crippen LogP contribution in [0.5, 0.6) is 0 Å². The van der Waals surface area contributed by atoms with Crippen molar-refractivity contribution in [2.75, 3.05) is 5.75 Å². The Morgan fingerprint density at radius 2 is 2.22 bits per heavy atom. The molecule has 1 amide bonds. The van der Waals surface area contributed by atoms with E-state index in [1.165, 1.54) is 0 Å². The van der Waals surface area contributed by atoms with Crippen LogP contribution in [-0.4, -0.2) is 27.5 Å². The van der Waals surface area contributed by atoms with Crippen LogP contribution in [0.4, 0.5) is 0 Å². The van der Waals surface area contributed by atoms with Crippen molar-refractivity contribution in [3.63, 3.8) is 0 Å². The first-order chi connectivity index (χ1) is 8.69. The molecule has 1 atom stereocenters. The molecular formula is C12H13N3O2S. The minimum atomic E-state index is -0.597. The molecule has 0 spiro atoms. The topological polar surface area (TPSA) is 78.0 Å². The lowest BCUT2D eigenvalue weighted by Gasteiger charge is -2.11. The summed E-state index contributed by atoms with van der Waals surface area (Å²) in [6.45, 7) is 0.146. The predicted molar refractivity (Wildman–Crippen MR) is 71.6 cm³/mol. The van der Waals surface area contributed by atoms with Crippen molar-refractivity contribution in [2.45, 2.75) is 12.5 Å². The quantitative estimate of drug-likeness (QED) is 0.616. The molecule has 18 heavy (non-hydrogen) atoms. The molecule has 5 nitrogen and oxygen atoms in total. The van der Waals surface area contributed by atoms with Crippen LogP contribution in [0.2, 0.25) is 0 Å². The van der Waals surface area contributed by atoms with Crippen molar-refractivity contribution in [3.8, 4) is 0 Å². The highest BCUT2D eigenvalue weighted by Gasteiger charge is 2.23. The number of imidazole rings is 1. The molecule has 0 saturated heterocycles. The van der Waals surface area contributed by atoms with E-state index >= 15 is 0 Å². The van der Waals surface area contributed by atoms with Gasteiger partial charge in [0.05, 0.1) is 17.6 Å². The number of para-hydroxylation sites is 2. The number of carbonyl (C=O) groups excluding carboxylic acids is 2. The minimum absolute atomic E-state index is 0.146. The molecule has 0 aliphatic heterocycles. The second kappa shape index (κ2) is 5.22. The summed E-state index contributed by atoms with van der Waals surface area (Å²) in [5.41, 5.74) is 6.89. The molecule has 1 unspecified atom stereocenters. The first kappa shape index (κ1) is 12.6. The normalized spacial score (nSPS) is 12.5. The third-order valence-corrected chi connectivity index (χ3v) is 3.14. The molecule has 0 bridgehead atoms. The molecule has 0 radical (unpaired) electrons. The smallest absolute Gasteiger partial charge is 0.228 e. The summed E-state index contributed by atoms with van der Waals surface area (Å²) in [5, 5.41) is 0. The Hall–Kier alpha value is -1.82. The summed E-state index contributed by atoms with van der Waals surface area (Å²) in [7, 11) is 0. The average Bonchev–Trinajstić information content (AvgIpc) is 2.70. The van der Waals surface area contributed by atoms with Gasteiger partial charge in [-0.25, -0.2) is 4.98 Å². The summed E-state index contributed by atoms with van der Waals surface area (Å²) in [6, 6.07) is 7.39. The number of aromatic nitrogens is 2. The van der Waals surface area contributed by atoms with E-state index in [9.17, 15) is 9.59 Å². The first-order valence-electron chi connectivity index (χ1n) is 5.48. The van der Waals surface area contributed by atoms with Crippen LogP contribution in [-0.2, 0) is 16.1 Å². The SMILES string of the molecule is NC(=O)C(CS)c1nc2ccccc2n1CC=O. The fraction of sp³-hybridized carbons (Fsp3) is 0.250. The van der Waals surface area contributed by atoms with Crippen molar-refractivity contribution in [1.29, 1.82) is 0 Å². The number of nitrogens with zero attached hydrogens (tertiary/aromatic N) is 2. The molecule has 2 N–H and O–H groups in total. The van der Waals surface area contributed by atoms with E-state index in [1.807, 2.05) is 24.3 Å². The molecule has 2 rings (SSSR count). The van der Waals surface area contributed by atoms with E-state index in [4.69, 9.17) is 5.73 Å². The van der Waals surface area contributed by atoms with Crippen molar-refractivity contribution in [3.05, 3.63) is 30.1 Å². The van der Waals surface area contributed by atoms with Crippen LogP contribution in [0.3, 0.4) is 0 Å². The van der Waals surface area contributed by atoms with Crippen molar-refractivity contribution < 1.29 is 9.59 Å².